The Morgan fingerprint density at radius 1 is 0.943 bits per heavy atom. The van der Waals surface area contributed by atoms with Crippen molar-refractivity contribution >= 4 is 30.5 Å². The standard InChI is InChI=1S/C25H25N2O7P/c1-16(28)18-6-3-8-20(14-18)33-35(32,34-21-9-4-7-19(15-21)17(2)29)13-12-27-11-5-10-26-22-23(27)25(31)24(22)30/h3-4,6-9,14-15,26H,5,10-13H2,1-2H3. The largest absolute Gasteiger partial charge is 0.432 e. The van der Waals surface area contributed by atoms with Gasteiger partial charge in [-0.3, -0.25) is 19.2 Å². The molecule has 1 aliphatic rings. The Morgan fingerprint density at radius 3 is 2.06 bits per heavy atom. The van der Waals surface area contributed by atoms with Crippen LogP contribution in [0.2, 0.25) is 0 Å². The Bertz CT molecular complexity index is 1340. The van der Waals surface area contributed by atoms with Gasteiger partial charge in [0.1, 0.15) is 22.9 Å². The lowest BCUT2D eigenvalue weighted by molar-refractivity contribution is 0.100. The summed E-state index contributed by atoms with van der Waals surface area (Å²) in [6.45, 7) is 4.00. The third-order valence-electron chi connectivity index (χ3n) is 5.72. The molecule has 9 nitrogen and oxygen atoms in total. The number of hydrogen-bond acceptors (Lipinski definition) is 9. The topological polar surface area (TPSA) is 119 Å². The first-order valence-corrected chi connectivity index (χ1v) is 12.9. The lowest BCUT2D eigenvalue weighted by Gasteiger charge is -2.27. The fourth-order valence-corrected chi connectivity index (χ4v) is 5.46. The van der Waals surface area contributed by atoms with Gasteiger partial charge in [-0.1, -0.05) is 24.3 Å². The zero-order valence-corrected chi connectivity index (χ0v) is 20.3. The lowest BCUT2D eigenvalue weighted by atomic mass is 10.1. The van der Waals surface area contributed by atoms with Crippen LogP contribution in [0.3, 0.4) is 0 Å². The molecule has 0 aliphatic carbocycles. The highest BCUT2D eigenvalue weighted by Gasteiger charge is 2.33. The number of rotatable bonds is 9. The first kappa shape index (κ1) is 24.4. The van der Waals surface area contributed by atoms with E-state index in [1.807, 2.05) is 0 Å². The average Bonchev–Trinajstić information content (AvgIpc) is 3.03. The highest BCUT2D eigenvalue weighted by atomic mass is 31.2. The zero-order valence-electron chi connectivity index (χ0n) is 19.4. The van der Waals surface area contributed by atoms with Crippen LogP contribution < -0.4 is 30.1 Å². The molecular weight excluding hydrogens is 471 g/mol. The first-order chi connectivity index (χ1) is 16.7. The Labute approximate surface area is 201 Å². The molecule has 1 aliphatic heterocycles. The number of nitrogens with zero attached hydrogens (tertiary/aromatic N) is 1. The molecule has 0 saturated heterocycles. The number of ketones is 2. The summed E-state index contributed by atoms with van der Waals surface area (Å²) in [4.78, 5) is 49.4. The van der Waals surface area contributed by atoms with E-state index in [1.165, 1.54) is 26.0 Å². The number of carbonyl (C=O) groups is 2. The number of hydrogen-bond donors (Lipinski definition) is 1. The van der Waals surface area contributed by atoms with E-state index < -0.39 is 18.5 Å². The van der Waals surface area contributed by atoms with Crippen molar-refractivity contribution in [3.63, 3.8) is 0 Å². The van der Waals surface area contributed by atoms with Crippen LogP contribution in [0.5, 0.6) is 11.5 Å². The molecule has 182 valence electrons. The van der Waals surface area contributed by atoms with Gasteiger partial charge in [-0.15, -0.1) is 0 Å². The predicted octanol–water partition coefficient (Wildman–Crippen LogP) is 3.66. The molecule has 10 heteroatoms. The van der Waals surface area contributed by atoms with Crippen molar-refractivity contribution in [3.8, 4) is 11.5 Å². The van der Waals surface area contributed by atoms with Gasteiger partial charge in [0.05, 0.1) is 6.16 Å². The number of fused-ring (bicyclic) bond motifs is 1. The van der Waals surface area contributed by atoms with Crippen LogP contribution in [0.1, 0.15) is 41.0 Å². The summed E-state index contributed by atoms with van der Waals surface area (Å²) in [7, 11) is -3.90. The molecule has 0 radical (unpaired) electrons. The molecule has 0 spiro atoms. The molecule has 4 rings (SSSR count). The van der Waals surface area contributed by atoms with E-state index in [4.69, 9.17) is 9.05 Å². The Kier molecular flexibility index (Phi) is 6.89. The minimum absolute atomic E-state index is 0.111. The molecule has 0 amide bonds. The van der Waals surface area contributed by atoms with Crippen molar-refractivity contribution in [1.29, 1.82) is 0 Å². The maximum atomic E-state index is 14.0. The SMILES string of the molecule is CC(=O)c1cccc(OP(=O)(CCN2CCCNc3c2c(=O)c3=O)Oc2cccc(C(C)=O)c2)c1. The van der Waals surface area contributed by atoms with E-state index in [1.54, 1.807) is 41.3 Å². The van der Waals surface area contributed by atoms with Crippen molar-refractivity contribution in [1.82, 2.24) is 0 Å². The summed E-state index contributed by atoms with van der Waals surface area (Å²) in [5.41, 5.74) is 0.224. The van der Waals surface area contributed by atoms with Crippen LogP contribution in [0, 0.1) is 0 Å². The summed E-state index contributed by atoms with van der Waals surface area (Å²) in [6.07, 6.45) is 0.570. The summed E-state index contributed by atoms with van der Waals surface area (Å²) >= 11 is 0. The molecule has 0 saturated carbocycles. The number of Topliss-reactive ketones (excluding diaryl/α,β-unsaturated/α-hetero) is 2. The van der Waals surface area contributed by atoms with E-state index in [2.05, 4.69) is 5.32 Å². The highest BCUT2D eigenvalue weighted by molar-refractivity contribution is 7.54. The van der Waals surface area contributed by atoms with Gasteiger partial charge in [-0.25, -0.2) is 4.57 Å². The van der Waals surface area contributed by atoms with Gasteiger partial charge >= 0.3 is 7.60 Å². The number of nitrogens with one attached hydrogen (secondary N) is 1. The molecule has 0 aromatic heterocycles. The van der Waals surface area contributed by atoms with Crippen molar-refractivity contribution in [2.75, 3.05) is 36.0 Å². The molecule has 1 N–H and O–H groups in total. The second-order valence-corrected chi connectivity index (χ2v) is 10.4. The fourth-order valence-electron chi connectivity index (χ4n) is 3.88. The molecule has 3 aromatic carbocycles. The van der Waals surface area contributed by atoms with Crippen LogP contribution in [0.15, 0.2) is 58.1 Å². The van der Waals surface area contributed by atoms with Gasteiger partial charge < -0.3 is 19.3 Å². The van der Waals surface area contributed by atoms with Crippen LogP contribution in [0.25, 0.3) is 0 Å². The van der Waals surface area contributed by atoms with Crippen molar-refractivity contribution in [2.45, 2.75) is 20.3 Å². The van der Waals surface area contributed by atoms with Crippen molar-refractivity contribution < 1.29 is 23.2 Å². The maximum absolute atomic E-state index is 14.0. The normalized spacial score (nSPS) is 13.5. The summed E-state index contributed by atoms with van der Waals surface area (Å²) < 4.78 is 25.6. The quantitative estimate of drug-likeness (QED) is 0.269. The van der Waals surface area contributed by atoms with E-state index in [0.29, 0.717) is 30.6 Å². The second kappa shape index (κ2) is 9.88. The predicted molar refractivity (Wildman–Crippen MR) is 133 cm³/mol. The Hall–Kier alpha value is -3.71. The molecule has 0 unspecified atom stereocenters. The van der Waals surface area contributed by atoms with Crippen molar-refractivity contribution in [3.05, 3.63) is 80.1 Å². The van der Waals surface area contributed by atoms with Crippen LogP contribution in [0.4, 0.5) is 11.4 Å². The highest BCUT2D eigenvalue weighted by Crippen LogP contribution is 2.49. The molecule has 35 heavy (non-hydrogen) atoms. The Morgan fingerprint density at radius 2 is 1.51 bits per heavy atom. The summed E-state index contributed by atoms with van der Waals surface area (Å²) in [6, 6.07) is 12.6. The van der Waals surface area contributed by atoms with E-state index in [-0.39, 0.29) is 47.1 Å². The third-order valence-corrected chi connectivity index (χ3v) is 7.45. The molecular formula is C25H25N2O7P. The lowest BCUT2D eigenvalue weighted by Crippen LogP contribution is -2.42. The van der Waals surface area contributed by atoms with Crippen LogP contribution in [-0.4, -0.2) is 37.4 Å². The van der Waals surface area contributed by atoms with Gasteiger partial charge in [0.15, 0.2) is 11.6 Å². The molecule has 0 fully saturated rings. The van der Waals surface area contributed by atoms with E-state index in [9.17, 15) is 23.7 Å². The zero-order chi connectivity index (χ0) is 25.2. The summed E-state index contributed by atoms with van der Waals surface area (Å²) in [5.74, 6) is 0.0299. The molecule has 0 atom stereocenters. The van der Waals surface area contributed by atoms with E-state index in [0.717, 1.165) is 0 Å². The fraction of sp³-hybridized carbons (Fsp3) is 0.280. The summed E-state index contributed by atoms with van der Waals surface area (Å²) in [5, 5.41) is 2.97. The average molecular weight is 496 g/mol. The first-order valence-electron chi connectivity index (χ1n) is 11.2. The monoisotopic (exact) mass is 496 g/mol. The van der Waals surface area contributed by atoms with Crippen LogP contribution in [-0.2, 0) is 4.57 Å². The van der Waals surface area contributed by atoms with Crippen LogP contribution >= 0.6 is 7.60 Å². The minimum Gasteiger partial charge on any atom is -0.416 e. The smallest absolute Gasteiger partial charge is 0.416 e. The van der Waals surface area contributed by atoms with Gasteiger partial charge in [-0.05, 0) is 44.5 Å². The maximum Gasteiger partial charge on any atom is 0.432 e. The second-order valence-electron chi connectivity index (χ2n) is 8.33. The van der Waals surface area contributed by atoms with E-state index >= 15 is 0 Å². The molecule has 1 heterocycles. The number of anilines is 2. The Balaban J connectivity index is 1.62. The van der Waals surface area contributed by atoms with Gasteiger partial charge in [0.25, 0.3) is 10.9 Å². The van der Waals surface area contributed by atoms with Gasteiger partial charge in [0, 0.05) is 30.8 Å². The number of carbonyl (C=O) groups excluding carboxylic acids is 2. The van der Waals surface area contributed by atoms with Crippen molar-refractivity contribution in [2.24, 2.45) is 0 Å². The minimum atomic E-state index is -3.90. The molecule has 0 bridgehead atoms. The third kappa shape index (κ3) is 5.35. The number of benzene rings is 2. The molecule has 3 aromatic rings. The van der Waals surface area contributed by atoms with Gasteiger partial charge in [0.2, 0.25) is 0 Å². The van der Waals surface area contributed by atoms with Gasteiger partial charge in [-0.2, -0.15) is 0 Å².